The third-order valence-electron chi connectivity index (χ3n) is 5.90. The van der Waals surface area contributed by atoms with Crippen molar-refractivity contribution in [3.8, 4) is 0 Å². The first-order valence-electron chi connectivity index (χ1n) is 9.74. The third kappa shape index (κ3) is 3.65. The fourth-order valence-electron chi connectivity index (χ4n) is 4.27. The van der Waals surface area contributed by atoms with Gasteiger partial charge in [-0.25, -0.2) is 0 Å². The predicted molar refractivity (Wildman–Crippen MR) is 102 cm³/mol. The highest BCUT2D eigenvalue weighted by atomic mass is 16.2. The molecule has 0 spiro atoms. The fourth-order valence-corrected chi connectivity index (χ4v) is 4.27. The summed E-state index contributed by atoms with van der Waals surface area (Å²) < 4.78 is 0. The molecule has 1 amide bonds. The smallest absolute Gasteiger partial charge is 0.225 e. The topological polar surface area (TPSA) is 45.2 Å². The molecular weight excluding hydrogens is 322 g/mol. The average molecular weight is 349 g/mol. The number of amides is 1. The van der Waals surface area contributed by atoms with Crippen molar-refractivity contribution >= 4 is 5.91 Å². The SMILES string of the molecule is O=C(NC1(c2ccccc2)CCC1)C1CCCN(Cc2cccnc2)C1. The molecule has 2 heterocycles. The Balaban J connectivity index is 1.40. The number of nitrogens with zero attached hydrogens (tertiary/aromatic N) is 2. The van der Waals surface area contributed by atoms with Gasteiger partial charge in [0.25, 0.3) is 0 Å². The first-order chi connectivity index (χ1) is 12.8. The zero-order valence-electron chi connectivity index (χ0n) is 15.2. The van der Waals surface area contributed by atoms with Gasteiger partial charge in [0.2, 0.25) is 5.91 Å². The number of hydrogen-bond donors (Lipinski definition) is 1. The Hall–Kier alpha value is -2.20. The van der Waals surface area contributed by atoms with E-state index in [0.29, 0.717) is 0 Å². The molecule has 2 aromatic rings. The zero-order valence-corrected chi connectivity index (χ0v) is 15.2. The minimum absolute atomic E-state index is 0.0848. The molecule has 136 valence electrons. The minimum atomic E-state index is -0.135. The highest BCUT2D eigenvalue weighted by Gasteiger charge is 2.41. The molecule has 2 aliphatic rings. The summed E-state index contributed by atoms with van der Waals surface area (Å²) in [5.74, 6) is 0.311. The van der Waals surface area contributed by atoms with Crippen molar-refractivity contribution < 1.29 is 4.79 Å². The van der Waals surface area contributed by atoms with Gasteiger partial charge >= 0.3 is 0 Å². The molecule has 4 rings (SSSR count). The molecule has 1 aliphatic heterocycles. The van der Waals surface area contributed by atoms with E-state index in [1.165, 1.54) is 17.5 Å². The molecule has 1 aliphatic carbocycles. The highest BCUT2D eigenvalue weighted by Crippen LogP contribution is 2.41. The lowest BCUT2D eigenvalue weighted by atomic mass is 9.71. The lowest BCUT2D eigenvalue weighted by Gasteiger charge is -2.44. The Morgan fingerprint density at radius 2 is 2.00 bits per heavy atom. The van der Waals surface area contributed by atoms with Crippen LogP contribution in [-0.2, 0) is 16.9 Å². The monoisotopic (exact) mass is 349 g/mol. The minimum Gasteiger partial charge on any atom is -0.346 e. The number of carbonyl (C=O) groups is 1. The number of hydrogen-bond acceptors (Lipinski definition) is 3. The maximum atomic E-state index is 13.0. The predicted octanol–water partition coefficient (Wildman–Crippen LogP) is 3.49. The number of pyridine rings is 1. The van der Waals surface area contributed by atoms with E-state index in [1.54, 1.807) is 6.20 Å². The van der Waals surface area contributed by atoms with Gasteiger partial charge in [0.15, 0.2) is 0 Å². The fraction of sp³-hybridized carbons (Fsp3) is 0.455. The van der Waals surface area contributed by atoms with E-state index in [-0.39, 0.29) is 17.4 Å². The van der Waals surface area contributed by atoms with Crippen LogP contribution in [-0.4, -0.2) is 28.9 Å². The van der Waals surface area contributed by atoms with Crippen LogP contribution < -0.4 is 5.32 Å². The summed E-state index contributed by atoms with van der Waals surface area (Å²) in [5, 5.41) is 3.42. The molecule has 1 saturated heterocycles. The summed E-state index contributed by atoms with van der Waals surface area (Å²) in [6.45, 7) is 2.77. The van der Waals surface area contributed by atoms with Crippen LogP contribution in [0.5, 0.6) is 0 Å². The van der Waals surface area contributed by atoms with Gasteiger partial charge in [-0.1, -0.05) is 36.4 Å². The molecule has 1 unspecified atom stereocenters. The standard InChI is InChI=1S/C22H27N3O/c26-21(24-22(11-6-12-22)20-9-2-1-3-10-20)19-8-5-14-25(17-19)16-18-7-4-13-23-15-18/h1-4,7,9-10,13,15,19H,5-6,8,11-12,14,16-17H2,(H,24,26). The summed E-state index contributed by atoms with van der Waals surface area (Å²) >= 11 is 0. The Kier molecular flexibility index (Phi) is 5.02. The van der Waals surface area contributed by atoms with Gasteiger partial charge < -0.3 is 5.32 Å². The van der Waals surface area contributed by atoms with E-state index < -0.39 is 0 Å². The van der Waals surface area contributed by atoms with Crippen LogP contribution in [0.1, 0.15) is 43.2 Å². The van der Waals surface area contributed by atoms with E-state index in [1.807, 2.05) is 18.3 Å². The molecule has 26 heavy (non-hydrogen) atoms. The van der Waals surface area contributed by atoms with Crippen molar-refractivity contribution in [1.82, 2.24) is 15.2 Å². The van der Waals surface area contributed by atoms with Crippen LogP contribution in [0.3, 0.4) is 0 Å². The first-order valence-corrected chi connectivity index (χ1v) is 9.74. The highest BCUT2D eigenvalue weighted by molar-refractivity contribution is 5.80. The van der Waals surface area contributed by atoms with Gasteiger partial charge in [-0.3, -0.25) is 14.7 Å². The molecule has 1 N–H and O–H groups in total. The van der Waals surface area contributed by atoms with Crippen molar-refractivity contribution in [2.45, 2.75) is 44.2 Å². The molecule has 0 bridgehead atoms. The van der Waals surface area contributed by atoms with Gasteiger partial charge in [0, 0.05) is 25.5 Å². The van der Waals surface area contributed by atoms with Gasteiger partial charge in [-0.15, -0.1) is 0 Å². The second kappa shape index (κ2) is 7.58. The summed E-state index contributed by atoms with van der Waals surface area (Å²) in [6.07, 6.45) is 9.08. The number of piperidine rings is 1. The van der Waals surface area contributed by atoms with Crippen LogP contribution in [0.15, 0.2) is 54.9 Å². The molecule has 1 atom stereocenters. The maximum absolute atomic E-state index is 13.0. The lowest BCUT2D eigenvalue weighted by molar-refractivity contribution is -0.130. The average Bonchev–Trinajstić information content (AvgIpc) is 2.66. The van der Waals surface area contributed by atoms with E-state index >= 15 is 0 Å². The summed E-state index contributed by atoms with van der Waals surface area (Å²) in [7, 11) is 0. The summed E-state index contributed by atoms with van der Waals surface area (Å²) in [6, 6.07) is 14.5. The van der Waals surface area contributed by atoms with Crippen molar-refractivity contribution in [1.29, 1.82) is 0 Å². The molecular formula is C22H27N3O. The van der Waals surface area contributed by atoms with E-state index in [2.05, 4.69) is 45.5 Å². The molecule has 0 radical (unpaired) electrons. The second-order valence-electron chi connectivity index (χ2n) is 7.73. The second-order valence-corrected chi connectivity index (χ2v) is 7.73. The van der Waals surface area contributed by atoms with Gasteiger partial charge in [0.05, 0.1) is 11.5 Å². The molecule has 4 heteroatoms. The quantitative estimate of drug-likeness (QED) is 0.899. The first kappa shape index (κ1) is 17.2. The number of nitrogens with one attached hydrogen (secondary N) is 1. The van der Waals surface area contributed by atoms with Gasteiger partial charge in [-0.05, 0) is 55.8 Å². The van der Waals surface area contributed by atoms with Crippen molar-refractivity contribution in [2.24, 2.45) is 5.92 Å². The molecule has 1 aromatic heterocycles. The molecule has 2 fully saturated rings. The summed E-state index contributed by atoms with van der Waals surface area (Å²) in [4.78, 5) is 19.6. The maximum Gasteiger partial charge on any atom is 0.225 e. The van der Waals surface area contributed by atoms with Crippen molar-refractivity contribution in [3.05, 3.63) is 66.0 Å². The van der Waals surface area contributed by atoms with Crippen molar-refractivity contribution in [3.63, 3.8) is 0 Å². The normalized spacial score (nSPS) is 22.4. The Morgan fingerprint density at radius 1 is 1.15 bits per heavy atom. The number of likely N-dealkylation sites (tertiary alicyclic amines) is 1. The number of benzene rings is 1. The third-order valence-corrected chi connectivity index (χ3v) is 5.90. The molecule has 1 aromatic carbocycles. The summed E-state index contributed by atoms with van der Waals surface area (Å²) in [5.41, 5.74) is 2.33. The Morgan fingerprint density at radius 3 is 2.69 bits per heavy atom. The molecule has 1 saturated carbocycles. The zero-order chi connectivity index (χ0) is 17.8. The van der Waals surface area contributed by atoms with Gasteiger partial charge in [-0.2, -0.15) is 0 Å². The van der Waals surface area contributed by atoms with E-state index in [0.717, 1.165) is 45.3 Å². The number of rotatable bonds is 5. The largest absolute Gasteiger partial charge is 0.346 e. The van der Waals surface area contributed by atoms with E-state index in [4.69, 9.17) is 0 Å². The van der Waals surface area contributed by atoms with Crippen LogP contribution in [0, 0.1) is 5.92 Å². The van der Waals surface area contributed by atoms with Crippen LogP contribution in [0.25, 0.3) is 0 Å². The molecule has 4 nitrogen and oxygen atoms in total. The Labute approximate surface area is 155 Å². The van der Waals surface area contributed by atoms with Crippen LogP contribution >= 0.6 is 0 Å². The number of carbonyl (C=O) groups excluding carboxylic acids is 1. The Bertz CT molecular complexity index is 728. The van der Waals surface area contributed by atoms with Crippen LogP contribution in [0.2, 0.25) is 0 Å². The van der Waals surface area contributed by atoms with E-state index in [9.17, 15) is 4.79 Å². The van der Waals surface area contributed by atoms with Crippen molar-refractivity contribution in [2.75, 3.05) is 13.1 Å². The van der Waals surface area contributed by atoms with Crippen LogP contribution in [0.4, 0.5) is 0 Å². The lowest BCUT2D eigenvalue weighted by Crippen LogP contribution is -2.54. The number of aromatic nitrogens is 1. The van der Waals surface area contributed by atoms with Gasteiger partial charge in [0.1, 0.15) is 0 Å².